The number of thiophene rings is 6. The molecule has 0 amide bonds. The van der Waals surface area contributed by atoms with E-state index in [1.165, 1.54) is 9.75 Å². The van der Waals surface area contributed by atoms with Crippen LogP contribution < -0.4 is 0 Å². The van der Waals surface area contributed by atoms with Gasteiger partial charge in [0.05, 0.1) is 106 Å². The van der Waals surface area contributed by atoms with Crippen molar-refractivity contribution in [2.24, 2.45) is 0 Å². The molecule has 0 saturated heterocycles. The lowest BCUT2D eigenvalue weighted by Gasteiger charge is -2.03. The SMILES string of the molecule is c1cc(-c2cccs2)nc(-c2ccc(-c3cccc(-c4ccc(-c5cccc(-c6ccc(-c7cccc(-c8ccc(-c9cccc(-c%10cccs%10)n9)s8)n7)s6)n5)s4)n3)s2)c1. The van der Waals surface area contributed by atoms with Crippen LogP contribution in [0.4, 0.5) is 0 Å². The molecular weight excluding hydrogens is 851 g/mol. The molecule has 286 valence electrons. The number of rotatable bonds is 10. The summed E-state index contributed by atoms with van der Waals surface area (Å²) in [4.78, 5) is 36.5. The molecule has 0 unspecified atom stereocenters. The second-order valence-electron chi connectivity index (χ2n) is 13.7. The summed E-state index contributed by atoms with van der Waals surface area (Å²) in [5, 5.41) is 4.17. The van der Waals surface area contributed by atoms with E-state index in [-0.39, 0.29) is 0 Å². The molecule has 11 aromatic heterocycles. The molecule has 0 spiro atoms. The topological polar surface area (TPSA) is 64.5 Å². The minimum absolute atomic E-state index is 0.944. The smallest absolute Gasteiger partial charge is 0.0809 e. The van der Waals surface area contributed by atoms with E-state index in [0.29, 0.717) is 0 Å². The summed E-state index contributed by atoms with van der Waals surface area (Å²) in [6.07, 6.45) is 0. The number of hydrogen-bond acceptors (Lipinski definition) is 11. The van der Waals surface area contributed by atoms with Gasteiger partial charge < -0.3 is 0 Å². The fourth-order valence-electron chi connectivity index (χ4n) is 6.85. The van der Waals surface area contributed by atoms with Gasteiger partial charge in [-0.15, -0.1) is 68.0 Å². The van der Waals surface area contributed by atoms with Gasteiger partial charge in [0.25, 0.3) is 0 Å². The molecular formula is C49H29N5S6. The van der Waals surface area contributed by atoms with E-state index in [2.05, 4.69) is 175 Å². The summed E-state index contributed by atoms with van der Waals surface area (Å²) in [5.74, 6) is 0. The van der Waals surface area contributed by atoms with Crippen LogP contribution in [-0.4, -0.2) is 24.9 Å². The molecule has 5 nitrogen and oxygen atoms in total. The van der Waals surface area contributed by atoms with Gasteiger partial charge in [0.15, 0.2) is 0 Å². The van der Waals surface area contributed by atoms with Crippen molar-refractivity contribution < 1.29 is 0 Å². The summed E-state index contributed by atoms with van der Waals surface area (Å²) >= 11 is 10.3. The lowest BCUT2D eigenvalue weighted by molar-refractivity contribution is 1.35. The zero-order chi connectivity index (χ0) is 39.8. The van der Waals surface area contributed by atoms with Crippen molar-refractivity contribution in [3.05, 3.63) is 175 Å². The first-order valence-electron chi connectivity index (χ1n) is 19.0. The monoisotopic (exact) mass is 879 g/mol. The van der Waals surface area contributed by atoms with Crippen molar-refractivity contribution in [2.75, 3.05) is 0 Å². The van der Waals surface area contributed by atoms with E-state index >= 15 is 0 Å². The van der Waals surface area contributed by atoms with Gasteiger partial charge in [0.1, 0.15) is 0 Å². The van der Waals surface area contributed by atoms with Crippen molar-refractivity contribution in [2.45, 2.75) is 0 Å². The maximum atomic E-state index is 5.14. The van der Waals surface area contributed by atoms with Crippen molar-refractivity contribution in [3.8, 4) is 106 Å². The predicted octanol–water partition coefficient (Wildman–Crippen LogP) is 15.7. The normalized spacial score (nSPS) is 11.3. The Labute approximate surface area is 370 Å². The second-order valence-corrected chi connectivity index (χ2v) is 19.9. The fraction of sp³-hybridized carbons (Fsp3) is 0. The van der Waals surface area contributed by atoms with Crippen molar-refractivity contribution in [3.63, 3.8) is 0 Å². The molecule has 60 heavy (non-hydrogen) atoms. The highest BCUT2D eigenvalue weighted by molar-refractivity contribution is 7.20. The maximum absolute atomic E-state index is 5.14. The van der Waals surface area contributed by atoms with Gasteiger partial charge in [0, 0.05) is 0 Å². The van der Waals surface area contributed by atoms with Crippen LogP contribution in [0.15, 0.2) is 175 Å². The lowest BCUT2D eigenvalue weighted by Crippen LogP contribution is -1.84. The molecule has 0 saturated carbocycles. The molecule has 11 rings (SSSR count). The van der Waals surface area contributed by atoms with Crippen LogP contribution in [0.5, 0.6) is 0 Å². The lowest BCUT2D eigenvalue weighted by atomic mass is 10.2. The molecule has 0 bridgehead atoms. The predicted molar refractivity (Wildman–Crippen MR) is 257 cm³/mol. The first-order valence-corrected chi connectivity index (χ1v) is 24.0. The first-order chi connectivity index (χ1) is 29.7. The van der Waals surface area contributed by atoms with Crippen molar-refractivity contribution in [1.82, 2.24) is 24.9 Å². The molecule has 11 aromatic rings. The number of hydrogen-bond donors (Lipinski definition) is 0. The van der Waals surface area contributed by atoms with Crippen molar-refractivity contribution in [1.29, 1.82) is 0 Å². The number of aromatic nitrogens is 5. The van der Waals surface area contributed by atoms with E-state index < -0.39 is 0 Å². The maximum Gasteiger partial charge on any atom is 0.0809 e. The molecule has 0 aromatic carbocycles. The molecule has 0 radical (unpaired) electrons. The summed E-state index contributed by atoms with van der Waals surface area (Å²) in [7, 11) is 0. The number of pyridine rings is 5. The van der Waals surface area contributed by atoms with Crippen LogP contribution in [0, 0.1) is 0 Å². The molecule has 0 aliphatic carbocycles. The Bertz CT molecular complexity index is 3030. The zero-order valence-corrected chi connectivity index (χ0v) is 36.3. The summed E-state index contributed by atoms with van der Waals surface area (Å²) < 4.78 is 0. The van der Waals surface area contributed by atoms with Gasteiger partial charge in [-0.2, -0.15) is 0 Å². The Hall–Kier alpha value is -6.05. The Morgan fingerprint density at radius 3 is 0.583 bits per heavy atom. The molecule has 0 atom stereocenters. The fourth-order valence-corrected chi connectivity index (χ4v) is 12.0. The first kappa shape index (κ1) is 37.0. The minimum Gasteiger partial charge on any atom is -0.246 e. The Morgan fingerprint density at radius 1 is 0.200 bits per heavy atom. The molecule has 11 heterocycles. The van der Waals surface area contributed by atoms with Gasteiger partial charge >= 0.3 is 0 Å². The molecule has 0 aliphatic heterocycles. The molecule has 11 heteroatoms. The Kier molecular flexibility index (Phi) is 9.98. The van der Waals surface area contributed by atoms with Crippen molar-refractivity contribution >= 4 is 68.0 Å². The highest BCUT2D eigenvalue weighted by Crippen LogP contribution is 2.40. The standard InChI is InChI=1S/C49H29N5S6/c1-8-30(40-18-6-28-55-40)50-32(10-1)42-20-22-44(57-42)34-12-3-14-36(52-34)46-24-26-48(59-46)38-16-5-17-39(54-38)49-27-25-47(60-49)37-15-4-13-35(53-37)45-23-21-43(58-45)33-11-2-9-31(51-33)41-19-7-29-56-41/h1-29H. The molecule has 0 aliphatic rings. The zero-order valence-electron chi connectivity index (χ0n) is 31.4. The van der Waals surface area contributed by atoms with Crippen LogP contribution in [0.25, 0.3) is 106 Å². The minimum atomic E-state index is 0.944. The third-order valence-electron chi connectivity index (χ3n) is 9.74. The van der Waals surface area contributed by atoms with E-state index in [0.717, 1.165) is 96.0 Å². The molecule has 0 N–H and O–H groups in total. The van der Waals surface area contributed by atoms with E-state index in [1.807, 2.05) is 0 Å². The van der Waals surface area contributed by atoms with Crippen LogP contribution in [0.2, 0.25) is 0 Å². The van der Waals surface area contributed by atoms with Gasteiger partial charge in [-0.25, -0.2) is 24.9 Å². The average molecular weight is 880 g/mol. The average Bonchev–Trinajstić information content (AvgIpc) is 4.17. The Morgan fingerprint density at radius 2 is 0.400 bits per heavy atom. The summed E-state index contributed by atoms with van der Waals surface area (Å²) in [6, 6.07) is 56.8. The van der Waals surface area contributed by atoms with Gasteiger partial charge in [-0.1, -0.05) is 42.5 Å². The van der Waals surface area contributed by atoms with Gasteiger partial charge in [0.2, 0.25) is 0 Å². The third kappa shape index (κ3) is 7.52. The van der Waals surface area contributed by atoms with E-state index in [4.69, 9.17) is 24.9 Å². The van der Waals surface area contributed by atoms with Gasteiger partial charge in [-0.3, -0.25) is 0 Å². The largest absolute Gasteiger partial charge is 0.246 e. The van der Waals surface area contributed by atoms with Crippen LogP contribution in [0.1, 0.15) is 0 Å². The summed E-state index contributed by atoms with van der Waals surface area (Å²) in [5.41, 5.74) is 9.64. The highest BCUT2D eigenvalue weighted by atomic mass is 32.1. The van der Waals surface area contributed by atoms with E-state index in [1.54, 1.807) is 68.0 Å². The van der Waals surface area contributed by atoms with Crippen LogP contribution in [0.3, 0.4) is 0 Å². The third-order valence-corrected chi connectivity index (χ3v) is 16.0. The number of nitrogens with zero attached hydrogens (tertiary/aromatic N) is 5. The molecule has 0 fully saturated rings. The second kappa shape index (κ2) is 16.2. The Balaban J connectivity index is 0.802. The van der Waals surface area contributed by atoms with E-state index in [9.17, 15) is 0 Å². The van der Waals surface area contributed by atoms with Crippen LogP contribution in [-0.2, 0) is 0 Å². The highest BCUT2D eigenvalue weighted by Gasteiger charge is 2.15. The summed E-state index contributed by atoms with van der Waals surface area (Å²) in [6.45, 7) is 0. The quantitative estimate of drug-likeness (QED) is 0.137. The van der Waals surface area contributed by atoms with Gasteiger partial charge in [-0.05, 0) is 132 Å². The van der Waals surface area contributed by atoms with Crippen LogP contribution >= 0.6 is 68.0 Å².